The number of anilines is 1. The van der Waals surface area contributed by atoms with Crippen molar-refractivity contribution in [2.24, 2.45) is 11.7 Å². The maximum absolute atomic E-state index is 5.68. The lowest BCUT2D eigenvalue weighted by Crippen LogP contribution is -2.41. The molecule has 2 rings (SSSR count). The first-order valence-corrected chi connectivity index (χ1v) is 7.16. The molecule has 1 aliphatic heterocycles. The van der Waals surface area contributed by atoms with Gasteiger partial charge in [-0.1, -0.05) is 28.9 Å². The predicted molar refractivity (Wildman–Crippen MR) is 77.2 cm³/mol. The van der Waals surface area contributed by atoms with Gasteiger partial charge >= 0.3 is 0 Å². The van der Waals surface area contributed by atoms with Crippen molar-refractivity contribution in [2.45, 2.75) is 39.3 Å². The van der Waals surface area contributed by atoms with Crippen molar-refractivity contribution in [2.75, 3.05) is 11.4 Å². The van der Waals surface area contributed by atoms with Crippen LogP contribution in [0.4, 0.5) is 5.69 Å². The number of hydrogen-bond donors (Lipinski definition) is 1. The van der Waals surface area contributed by atoms with E-state index < -0.39 is 0 Å². The number of nitrogens with two attached hydrogens (primary N) is 1. The largest absolute Gasteiger partial charge is 0.369 e. The van der Waals surface area contributed by atoms with Crippen LogP contribution in [0.5, 0.6) is 0 Å². The van der Waals surface area contributed by atoms with E-state index in [1.807, 2.05) is 0 Å². The summed E-state index contributed by atoms with van der Waals surface area (Å²) in [5.74, 6) is 0.791. The van der Waals surface area contributed by atoms with Gasteiger partial charge in [-0.25, -0.2) is 0 Å². The monoisotopic (exact) mass is 296 g/mol. The van der Waals surface area contributed by atoms with Crippen LogP contribution in [0.15, 0.2) is 22.7 Å². The van der Waals surface area contributed by atoms with Crippen LogP contribution < -0.4 is 10.6 Å². The van der Waals surface area contributed by atoms with Crippen LogP contribution in [0.25, 0.3) is 0 Å². The lowest BCUT2D eigenvalue weighted by atomic mass is 9.94. The van der Waals surface area contributed by atoms with Crippen molar-refractivity contribution in [3.63, 3.8) is 0 Å². The van der Waals surface area contributed by atoms with Gasteiger partial charge in [0.25, 0.3) is 0 Å². The van der Waals surface area contributed by atoms with Crippen molar-refractivity contribution >= 4 is 21.6 Å². The number of hydrogen-bond acceptors (Lipinski definition) is 2. The Morgan fingerprint density at radius 2 is 2.12 bits per heavy atom. The van der Waals surface area contributed by atoms with Gasteiger partial charge < -0.3 is 10.6 Å². The zero-order chi connectivity index (χ0) is 12.4. The van der Waals surface area contributed by atoms with E-state index in [2.05, 4.69) is 52.9 Å². The molecule has 0 saturated carbocycles. The molecule has 1 fully saturated rings. The van der Waals surface area contributed by atoms with Crippen LogP contribution in [-0.2, 0) is 6.54 Å². The zero-order valence-corrected chi connectivity index (χ0v) is 12.2. The molecule has 2 unspecified atom stereocenters. The highest BCUT2D eigenvalue weighted by molar-refractivity contribution is 9.10. The smallest absolute Gasteiger partial charge is 0.0380 e. The Hall–Kier alpha value is -0.540. The fourth-order valence-electron chi connectivity index (χ4n) is 2.53. The molecule has 0 spiro atoms. The number of rotatable bonds is 2. The summed E-state index contributed by atoms with van der Waals surface area (Å²) in [6.07, 6.45) is 2.64. The molecule has 17 heavy (non-hydrogen) atoms. The maximum Gasteiger partial charge on any atom is 0.0380 e. The molecule has 1 saturated heterocycles. The molecule has 1 heterocycles. The molecule has 1 aromatic rings. The number of piperidine rings is 1. The molecule has 0 radical (unpaired) electrons. The Labute approximate surface area is 112 Å². The third-order valence-corrected chi connectivity index (χ3v) is 4.44. The van der Waals surface area contributed by atoms with Gasteiger partial charge in [0, 0.05) is 29.3 Å². The lowest BCUT2D eigenvalue weighted by Gasteiger charge is -2.38. The lowest BCUT2D eigenvalue weighted by molar-refractivity contribution is 0.390. The summed E-state index contributed by atoms with van der Waals surface area (Å²) in [7, 11) is 0. The molecule has 0 bridgehead atoms. The molecule has 2 N–H and O–H groups in total. The van der Waals surface area contributed by atoms with E-state index in [1.165, 1.54) is 24.1 Å². The van der Waals surface area contributed by atoms with Crippen molar-refractivity contribution in [1.29, 1.82) is 0 Å². The molecule has 1 aliphatic rings. The van der Waals surface area contributed by atoms with Crippen LogP contribution in [0, 0.1) is 5.92 Å². The van der Waals surface area contributed by atoms with Crippen molar-refractivity contribution in [1.82, 2.24) is 0 Å². The first kappa shape index (κ1) is 12.9. The van der Waals surface area contributed by atoms with Gasteiger partial charge in [0.2, 0.25) is 0 Å². The van der Waals surface area contributed by atoms with E-state index in [0.717, 1.165) is 16.9 Å². The molecule has 0 aliphatic carbocycles. The van der Waals surface area contributed by atoms with Gasteiger partial charge in [-0.2, -0.15) is 0 Å². The first-order valence-electron chi connectivity index (χ1n) is 6.37. The van der Waals surface area contributed by atoms with Crippen molar-refractivity contribution in [3.8, 4) is 0 Å². The number of halogens is 1. The summed E-state index contributed by atoms with van der Waals surface area (Å²) in [5.41, 5.74) is 8.17. The Morgan fingerprint density at radius 3 is 2.76 bits per heavy atom. The van der Waals surface area contributed by atoms with E-state index >= 15 is 0 Å². The van der Waals surface area contributed by atoms with E-state index in [-0.39, 0.29) is 0 Å². The summed E-state index contributed by atoms with van der Waals surface area (Å²) in [6.45, 7) is 6.40. The molecule has 94 valence electrons. The van der Waals surface area contributed by atoms with E-state index in [0.29, 0.717) is 12.6 Å². The predicted octanol–water partition coefficient (Wildman–Crippen LogP) is 3.53. The van der Waals surface area contributed by atoms with Crippen molar-refractivity contribution < 1.29 is 0 Å². The summed E-state index contributed by atoms with van der Waals surface area (Å²) >= 11 is 3.60. The van der Waals surface area contributed by atoms with Gasteiger partial charge in [-0.15, -0.1) is 0 Å². The molecule has 1 aromatic carbocycles. The molecule has 0 aromatic heterocycles. The normalized spacial score (nSPS) is 25.1. The standard InChI is InChI=1S/C14H21BrN2/c1-10-3-4-11(2)17(9-10)13-6-5-12(8-16)14(15)7-13/h5-7,10-11H,3-4,8-9,16H2,1-2H3. The number of benzene rings is 1. The quantitative estimate of drug-likeness (QED) is 0.905. The zero-order valence-electron chi connectivity index (χ0n) is 10.6. The minimum Gasteiger partial charge on any atom is -0.369 e. The third-order valence-electron chi connectivity index (χ3n) is 3.71. The highest BCUT2D eigenvalue weighted by Crippen LogP contribution is 2.30. The minimum atomic E-state index is 0.590. The van der Waals surface area contributed by atoms with Gasteiger partial charge in [-0.3, -0.25) is 0 Å². The molecule has 3 heteroatoms. The van der Waals surface area contributed by atoms with E-state index in [1.54, 1.807) is 0 Å². The fourth-order valence-corrected chi connectivity index (χ4v) is 3.06. The Balaban J connectivity index is 2.23. The van der Waals surface area contributed by atoms with Crippen LogP contribution in [0.2, 0.25) is 0 Å². The second-order valence-electron chi connectivity index (χ2n) is 5.16. The van der Waals surface area contributed by atoms with Gasteiger partial charge in [-0.05, 0) is 43.4 Å². The van der Waals surface area contributed by atoms with E-state index in [4.69, 9.17) is 5.73 Å². The Morgan fingerprint density at radius 1 is 1.35 bits per heavy atom. The molecule has 0 amide bonds. The Bertz CT molecular complexity index is 392. The highest BCUT2D eigenvalue weighted by Gasteiger charge is 2.23. The average Bonchev–Trinajstić information content (AvgIpc) is 2.32. The molecular weight excluding hydrogens is 276 g/mol. The fraction of sp³-hybridized carbons (Fsp3) is 0.571. The molecule has 2 nitrogen and oxygen atoms in total. The van der Waals surface area contributed by atoms with Crippen molar-refractivity contribution in [3.05, 3.63) is 28.2 Å². The van der Waals surface area contributed by atoms with Crippen LogP contribution in [-0.4, -0.2) is 12.6 Å². The first-order chi connectivity index (χ1) is 8.11. The highest BCUT2D eigenvalue weighted by atomic mass is 79.9. The molecule has 2 atom stereocenters. The van der Waals surface area contributed by atoms with E-state index in [9.17, 15) is 0 Å². The third kappa shape index (κ3) is 2.83. The SMILES string of the molecule is CC1CCC(C)N(c2ccc(CN)c(Br)c2)C1. The summed E-state index contributed by atoms with van der Waals surface area (Å²) in [6, 6.07) is 7.17. The van der Waals surface area contributed by atoms with Crippen LogP contribution in [0.3, 0.4) is 0 Å². The summed E-state index contributed by atoms with van der Waals surface area (Å²) in [4.78, 5) is 2.51. The average molecular weight is 297 g/mol. The Kier molecular flexibility index (Phi) is 4.10. The van der Waals surface area contributed by atoms with Crippen LogP contribution in [0.1, 0.15) is 32.3 Å². The maximum atomic E-state index is 5.68. The summed E-state index contributed by atoms with van der Waals surface area (Å²) in [5, 5.41) is 0. The topological polar surface area (TPSA) is 29.3 Å². The second kappa shape index (κ2) is 5.40. The molecular formula is C14H21BrN2. The second-order valence-corrected chi connectivity index (χ2v) is 6.02. The van der Waals surface area contributed by atoms with Crippen LogP contribution >= 0.6 is 15.9 Å². The summed E-state index contributed by atoms with van der Waals surface area (Å²) < 4.78 is 1.13. The van der Waals surface area contributed by atoms with Gasteiger partial charge in [0.1, 0.15) is 0 Å². The number of nitrogens with zero attached hydrogens (tertiary/aromatic N) is 1. The van der Waals surface area contributed by atoms with Gasteiger partial charge in [0.15, 0.2) is 0 Å². The van der Waals surface area contributed by atoms with Gasteiger partial charge in [0.05, 0.1) is 0 Å². The minimum absolute atomic E-state index is 0.590.